The molecule has 1 aliphatic rings. The van der Waals surface area contributed by atoms with Crippen LogP contribution in [-0.4, -0.2) is 55.2 Å². The van der Waals surface area contributed by atoms with Crippen LogP contribution in [-0.2, 0) is 22.9 Å². The number of hydrogen-bond donors (Lipinski definition) is 2. The third kappa shape index (κ3) is 5.57. The summed E-state index contributed by atoms with van der Waals surface area (Å²) in [5, 5.41) is 13.4. The molecule has 0 radical (unpaired) electrons. The molecule has 0 bridgehead atoms. The summed E-state index contributed by atoms with van der Waals surface area (Å²) in [5.74, 6) is -1.09. The highest BCUT2D eigenvalue weighted by Gasteiger charge is 2.39. The van der Waals surface area contributed by atoms with E-state index in [4.69, 9.17) is 0 Å². The number of aliphatic hydroxyl groups is 1. The first kappa shape index (κ1) is 20.9. The van der Waals surface area contributed by atoms with E-state index < -0.39 is 22.0 Å². The monoisotopic (exact) mass is 410 g/mol. The van der Waals surface area contributed by atoms with Crippen molar-refractivity contribution in [1.29, 1.82) is 0 Å². The fraction of sp³-hybridized carbons (Fsp3) is 0.400. The van der Waals surface area contributed by atoms with Gasteiger partial charge in [0.15, 0.2) is 9.84 Å². The number of nitrogens with zero attached hydrogens (tertiary/aromatic N) is 1. The number of aliphatic hydroxyl groups excluding tert-OH is 1. The summed E-state index contributed by atoms with van der Waals surface area (Å²) in [7, 11) is -3.32. The molecule has 2 atom stereocenters. The van der Waals surface area contributed by atoms with E-state index in [1.807, 2.05) is 0 Å². The zero-order valence-corrected chi connectivity index (χ0v) is 16.2. The largest absolute Gasteiger partial charge is 0.390 e. The van der Waals surface area contributed by atoms with Crippen molar-refractivity contribution in [2.45, 2.75) is 25.2 Å². The fourth-order valence-corrected chi connectivity index (χ4v) is 5.30. The molecular formula is C20H24F2N2O3S. The first-order valence-corrected chi connectivity index (χ1v) is 11.0. The van der Waals surface area contributed by atoms with Crippen LogP contribution >= 0.6 is 0 Å². The highest BCUT2D eigenvalue weighted by molar-refractivity contribution is 7.91. The van der Waals surface area contributed by atoms with Crippen molar-refractivity contribution in [3.05, 3.63) is 71.3 Å². The van der Waals surface area contributed by atoms with Crippen molar-refractivity contribution in [2.75, 3.05) is 24.6 Å². The average Bonchev–Trinajstić information content (AvgIpc) is 2.92. The van der Waals surface area contributed by atoms with E-state index in [1.54, 1.807) is 35.2 Å². The topological polar surface area (TPSA) is 69.6 Å². The Bertz CT molecular complexity index is 908. The smallest absolute Gasteiger partial charge is 0.154 e. The Balaban J connectivity index is 1.65. The van der Waals surface area contributed by atoms with E-state index in [0.717, 1.165) is 5.56 Å². The lowest BCUT2D eigenvalue weighted by Crippen LogP contribution is -2.45. The summed E-state index contributed by atoms with van der Waals surface area (Å²) in [6.07, 6.45) is -1.00. The normalized spacial score (nSPS) is 21.3. The van der Waals surface area contributed by atoms with Gasteiger partial charge in [-0.3, -0.25) is 4.90 Å². The molecule has 1 heterocycles. The Labute approximate surface area is 163 Å². The van der Waals surface area contributed by atoms with E-state index in [2.05, 4.69) is 5.32 Å². The molecule has 0 unspecified atom stereocenters. The van der Waals surface area contributed by atoms with Gasteiger partial charge in [-0.25, -0.2) is 17.2 Å². The maximum atomic E-state index is 14.1. The van der Waals surface area contributed by atoms with Crippen LogP contribution in [0.3, 0.4) is 0 Å². The molecule has 2 aromatic rings. The van der Waals surface area contributed by atoms with Gasteiger partial charge in [-0.1, -0.05) is 30.3 Å². The van der Waals surface area contributed by atoms with Gasteiger partial charge in [0.2, 0.25) is 0 Å². The second kappa shape index (κ2) is 9.09. The molecule has 0 amide bonds. The van der Waals surface area contributed by atoms with Crippen LogP contribution in [0.4, 0.5) is 8.78 Å². The number of sulfone groups is 1. The quantitative estimate of drug-likeness (QED) is 0.649. The van der Waals surface area contributed by atoms with Gasteiger partial charge in [0, 0.05) is 31.7 Å². The minimum Gasteiger partial charge on any atom is -0.390 e. The van der Waals surface area contributed by atoms with E-state index >= 15 is 0 Å². The van der Waals surface area contributed by atoms with Crippen molar-refractivity contribution < 1.29 is 22.3 Å². The van der Waals surface area contributed by atoms with E-state index in [9.17, 15) is 22.3 Å². The van der Waals surface area contributed by atoms with Gasteiger partial charge in [0.1, 0.15) is 11.6 Å². The fourth-order valence-electron chi connectivity index (χ4n) is 3.47. The lowest BCUT2D eigenvalue weighted by Gasteiger charge is -2.30. The summed E-state index contributed by atoms with van der Waals surface area (Å²) in [6, 6.07) is 12.0. The molecule has 0 saturated carbocycles. The van der Waals surface area contributed by atoms with Crippen molar-refractivity contribution in [1.82, 2.24) is 10.2 Å². The first-order valence-electron chi connectivity index (χ1n) is 9.15. The van der Waals surface area contributed by atoms with Crippen molar-refractivity contribution in [2.24, 2.45) is 0 Å². The van der Waals surface area contributed by atoms with Crippen molar-refractivity contribution in [3.8, 4) is 0 Å². The highest BCUT2D eigenvalue weighted by atomic mass is 32.2. The number of benzene rings is 2. The molecule has 1 saturated heterocycles. The van der Waals surface area contributed by atoms with E-state index in [1.165, 1.54) is 18.2 Å². The second-order valence-electron chi connectivity index (χ2n) is 7.08. The van der Waals surface area contributed by atoms with Crippen molar-refractivity contribution >= 4 is 9.84 Å². The molecular weight excluding hydrogens is 386 g/mol. The Morgan fingerprint density at radius 3 is 2.57 bits per heavy atom. The van der Waals surface area contributed by atoms with Crippen LogP contribution in [0.5, 0.6) is 0 Å². The molecule has 152 valence electrons. The minimum absolute atomic E-state index is 0.146. The summed E-state index contributed by atoms with van der Waals surface area (Å²) in [6.45, 7) is 1.55. The molecule has 8 heteroatoms. The summed E-state index contributed by atoms with van der Waals surface area (Å²) in [4.78, 5) is 1.80. The maximum Gasteiger partial charge on any atom is 0.154 e. The number of hydrogen-bond acceptors (Lipinski definition) is 5. The Morgan fingerprint density at radius 1 is 1.11 bits per heavy atom. The van der Waals surface area contributed by atoms with Gasteiger partial charge in [-0.15, -0.1) is 0 Å². The molecule has 2 aromatic carbocycles. The third-order valence-electron chi connectivity index (χ3n) is 4.89. The van der Waals surface area contributed by atoms with Crippen LogP contribution < -0.4 is 5.32 Å². The first-order chi connectivity index (χ1) is 13.3. The predicted molar refractivity (Wildman–Crippen MR) is 103 cm³/mol. The van der Waals surface area contributed by atoms with Gasteiger partial charge in [0.05, 0.1) is 23.7 Å². The highest BCUT2D eigenvalue weighted by Crippen LogP contribution is 2.21. The van der Waals surface area contributed by atoms with Crippen LogP contribution in [0.15, 0.2) is 48.5 Å². The summed E-state index contributed by atoms with van der Waals surface area (Å²) < 4.78 is 51.1. The predicted octanol–water partition coefficient (Wildman–Crippen LogP) is 1.71. The Hall–Kier alpha value is -1.87. The molecule has 3 rings (SSSR count). The van der Waals surface area contributed by atoms with Crippen LogP contribution in [0.1, 0.15) is 11.1 Å². The number of nitrogens with one attached hydrogen (secondary N) is 1. The molecule has 1 fully saturated rings. The molecule has 5 nitrogen and oxygen atoms in total. The van der Waals surface area contributed by atoms with E-state index in [-0.39, 0.29) is 29.7 Å². The minimum atomic E-state index is -3.32. The Kier molecular flexibility index (Phi) is 6.77. The number of halogens is 2. The molecule has 0 aromatic heterocycles. The van der Waals surface area contributed by atoms with Gasteiger partial charge >= 0.3 is 0 Å². The SMILES string of the molecule is O=S1(=O)C[C@@H](O)[C@H](N(CCNCc2cccc(F)c2)Cc2ccccc2F)C1. The summed E-state index contributed by atoms with van der Waals surface area (Å²) >= 11 is 0. The lowest BCUT2D eigenvalue weighted by atomic mass is 10.1. The summed E-state index contributed by atoms with van der Waals surface area (Å²) in [5.41, 5.74) is 1.24. The third-order valence-corrected chi connectivity index (χ3v) is 6.59. The van der Waals surface area contributed by atoms with E-state index in [0.29, 0.717) is 25.2 Å². The standard InChI is InChI=1S/C20H24F2N2O3S/c21-17-6-3-4-15(10-17)11-23-8-9-24(12-16-5-1-2-7-18(16)22)19-13-28(26,27)14-20(19)25/h1-7,10,19-20,23,25H,8-9,11-14H2/t19-,20-/m1/s1. The van der Waals surface area contributed by atoms with Crippen LogP contribution in [0.25, 0.3) is 0 Å². The van der Waals surface area contributed by atoms with Gasteiger partial charge in [-0.2, -0.15) is 0 Å². The van der Waals surface area contributed by atoms with Crippen molar-refractivity contribution in [3.63, 3.8) is 0 Å². The van der Waals surface area contributed by atoms with Gasteiger partial charge in [-0.05, 0) is 23.8 Å². The molecule has 0 spiro atoms. The zero-order valence-electron chi connectivity index (χ0n) is 15.4. The molecule has 28 heavy (non-hydrogen) atoms. The second-order valence-corrected chi connectivity index (χ2v) is 9.23. The maximum absolute atomic E-state index is 14.1. The van der Waals surface area contributed by atoms with Crippen LogP contribution in [0, 0.1) is 11.6 Å². The average molecular weight is 410 g/mol. The molecule has 1 aliphatic heterocycles. The van der Waals surface area contributed by atoms with Crippen LogP contribution in [0.2, 0.25) is 0 Å². The Morgan fingerprint density at radius 2 is 1.89 bits per heavy atom. The molecule has 0 aliphatic carbocycles. The number of rotatable bonds is 8. The molecule has 2 N–H and O–H groups in total. The lowest BCUT2D eigenvalue weighted by molar-refractivity contribution is 0.0779. The zero-order chi connectivity index (χ0) is 20.1. The van der Waals surface area contributed by atoms with Gasteiger partial charge in [0.25, 0.3) is 0 Å². The van der Waals surface area contributed by atoms with Gasteiger partial charge < -0.3 is 10.4 Å².